The van der Waals surface area contributed by atoms with Crippen LogP contribution in [0.1, 0.15) is 252 Å². The van der Waals surface area contributed by atoms with Crippen LogP contribution in [-0.4, -0.2) is 70.0 Å². The van der Waals surface area contributed by atoms with Crippen LogP contribution in [0.15, 0.2) is 0 Å². The van der Waals surface area contributed by atoms with Crippen molar-refractivity contribution in [1.29, 1.82) is 0 Å². The number of carbonyl (C=O) groups is 3. The Hall–Kier alpha value is -1.56. The second-order valence-electron chi connectivity index (χ2n) is 17.7. The molecule has 1 amide bonds. The topological polar surface area (TPSA) is 178 Å². The maximum atomic E-state index is 13.5. The highest BCUT2D eigenvalue weighted by molar-refractivity contribution is 7.46. The van der Waals surface area contributed by atoms with Crippen LogP contribution in [0.3, 0.4) is 0 Å². The molecule has 0 aromatic heterocycles. The molecule has 0 aromatic carbocycles. The Balaban J connectivity index is 2.91. The van der Waals surface area contributed by atoms with Crippen LogP contribution in [0.2, 0.25) is 0 Å². The van der Waals surface area contributed by atoms with Gasteiger partial charge in [0.2, 0.25) is 12.2 Å². The molecule has 61 heavy (non-hydrogen) atoms. The van der Waals surface area contributed by atoms with Gasteiger partial charge in [0.1, 0.15) is 18.2 Å². The molecule has 0 unspecified atom stereocenters. The predicted molar refractivity (Wildman–Crippen MR) is 244 cm³/mol. The van der Waals surface area contributed by atoms with Crippen molar-refractivity contribution in [2.24, 2.45) is 0 Å². The first-order chi connectivity index (χ1) is 29.6. The minimum Gasteiger partial charge on any atom is -0.457 e. The Labute approximate surface area is 371 Å². The third kappa shape index (κ3) is 31.9. The molecule has 1 fully saturated rings. The SMILES string of the molecule is CCCCCCCCCCCCCC(=O)N[C@H]1[C@H](OC(=O)CCCCCCCCCCCCC)O[C@H](CO)[C@@H](OP(=O)(O)O)[C@@H]1OC(=O)CCCCCCCCCCCCC. The van der Waals surface area contributed by atoms with Gasteiger partial charge in [-0.25, -0.2) is 4.57 Å². The van der Waals surface area contributed by atoms with E-state index in [0.717, 1.165) is 64.2 Å². The van der Waals surface area contributed by atoms with Gasteiger partial charge in [-0.15, -0.1) is 0 Å². The summed E-state index contributed by atoms with van der Waals surface area (Å²) in [6.07, 6.45) is 31.0. The molecule has 0 spiro atoms. The Morgan fingerprint density at radius 2 is 0.820 bits per heavy atom. The van der Waals surface area contributed by atoms with Crippen molar-refractivity contribution < 1.29 is 52.6 Å². The van der Waals surface area contributed by atoms with Gasteiger partial charge in [0.25, 0.3) is 0 Å². The van der Waals surface area contributed by atoms with E-state index in [1.54, 1.807) is 0 Å². The zero-order valence-corrected chi connectivity index (χ0v) is 40.0. The Kier molecular flexibility index (Phi) is 36.6. The number of hydrogen-bond acceptors (Lipinski definition) is 9. The Morgan fingerprint density at radius 3 is 1.16 bits per heavy atom. The second kappa shape index (κ2) is 38.9. The van der Waals surface area contributed by atoms with E-state index in [9.17, 15) is 33.8 Å². The van der Waals surface area contributed by atoms with Crippen molar-refractivity contribution in [3.05, 3.63) is 0 Å². The quantitative estimate of drug-likeness (QED) is 0.0260. The number of aliphatic hydroxyl groups is 1. The van der Waals surface area contributed by atoms with Crippen molar-refractivity contribution in [2.75, 3.05) is 6.61 Å². The third-order valence-electron chi connectivity index (χ3n) is 11.9. The summed E-state index contributed by atoms with van der Waals surface area (Å²) in [6, 6.07) is -1.33. The molecular weight excluding hydrogens is 797 g/mol. The van der Waals surface area contributed by atoms with Gasteiger partial charge in [0.15, 0.2) is 6.10 Å². The molecule has 0 aliphatic carbocycles. The smallest absolute Gasteiger partial charge is 0.457 e. The van der Waals surface area contributed by atoms with E-state index in [4.69, 9.17) is 18.7 Å². The number of aliphatic hydroxyl groups excluding tert-OH is 1. The molecule has 1 aliphatic heterocycles. The number of ether oxygens (including phenoxy) is 3. The van der Waals surface area contributed by atoms with Gasteiger partial charge >= 0.3 is 19.8 Å². The molecule has 12 nitrogen and oxygen atoms in total. The summed E-state index contributed by atoms with van der Waals surface area (Å²) in [5, 5.41) is 13.1. The number of phosphoric ester groups is 1. The number of unbranched alkanes of at least 4 members (excludes halogenated alkanes) is 30. The van der Waals surface area contributed by atoms with E-state index >= 15 is 0 Å². The largest absolute Gasteiger partial charge is 0.470 e. The van der Waals surface area contributed by atoms with Gasteiger partial charge in [-0.3, -0.25) is 18.9 Å². The second-order valence-corrected chi connectivity index (χ2v) is 18.9. The zero-order valence-electron chi connectivity index (χ0n) is 39.1. The minimum atomic E-state index is -5.20. The predicted octanol–water partition coefficient (Wildman–Crippen LogP) is 12.2. The molecule has 5 atom stereocenters. The Morgan fingerprint density at radius 1 is 0.492 bits per heavy atom. The average molecular weight is 890 g/mol. The van der Waals surface area contributed by atoms with E-state index in [1.807, 2.05) is 0 Å². The van der Waals surface area contributed by atoms with E-state index < -0.39 is 62.9 Å². The molecule has 13 heteroatoms. The van der Waals surface area contributed by atoms with Crippen LogP contribution in [0.4, 0.5) is 0 Å². The maximum absolute atomic E-state index is 13.5. The first kappa shape index (κ1) is 57.5. The molecular formula is C48H92NO11P. The fraction of sp³-hybridized carbons (Fsp3) is 0.938. The normalized spacial score (nSPS) is 19.2. The standard InChI is InChI=1S/C48H92NO11P/c1-4-7-10-13-16-19-22-25-28-31-34-37-42(51)49-45-47(58-43(52)38-35-32-29-26-23-20-17-14-11-8-5-2)46(60-61(54,55)56)41(40-50)57-48(45)59-44(53)39-36-33-30-27-24-21-18-15-12-9-6-3/h41,45-48,50H,4-40H2,1-3H3,(H,49,51)(H2,54,55,56)/t41-,45-,46-,47-,48+/m1/s1. The number of rotatable bonds is 42. The van der Waals surface area contributed by atoms with Crippen molar-refractivity contribution in [2.45, 2.75) is 283 Å². The van der Waals surface area contributed by atoms with Gasteiger partial charge < -0.3 is 34.4 Å². The lowest BCUT2D eigenvalue weighted by atomic mass is 9.96. The molecule has 0 saturated carbocycles. The molecule has 1 aliphatic rings. The summed E-state index contributed by atoms with van der Waals surface area (Å²) < 4.78 is 34.9. The van der Waals surface area contributed by atoms with Gasteiger partial charge in [-0.05, 0) is 19.3 Å². The monoisotopic (exact) mass is 890 g/mol. The molecule has 1 heterocycles. The van der Waals surface area contributed by atoms with Crippen molar-refractivity contribution in [3.63, 3.8) is 0 Å². The first-order valence-electron chi connectivity index (χ1n) is 25.2. The highest BCUT2D eigenvalue weighted by Crippen LogP contribution is 2.42. The lowest BCUT2D eigenvalue weighted by Crippen LogP contribution is -2.66. The van der Waals surface area contributed by atoms with Gasteiger partial charge in [-0.1, -0.05) is 213 Å². The van der Waals surface area contributed by atoms with Crippen LogP contribution < -0.4 is 5.32 Å². The van der Waals surface area contributed by atoms with Crippen LogP contribution in [-0.2, 0) is 37.7 Å². The Bertz CT molecular complexity index is 1120. The first-order valence-corrected chi connectivity index (χ1v) is 26.8. The highest BCUT2D eigenvalue weighted by atomic mass is 31.2. The summed E-state index contributed by atoms with van der Waals surface area (Å²) in [7, 11) is -5.20. The summed E-state index contributed by atoms with van der Waals surface area (Å²) in [5.74, 6) is -1.63. The number of esters is 2. The summed E-state index contributed by atoms with van der Waals surface area (Å²) in [5.41, 5.74) is 0. The molecule has 0 radical (unpaired) electrons. The summed E-state index contributed by atoms with van der Waals surface area (Å²) >= 11 is 0. The molecule has 0 aromatic rings. The third-order valence-corrected chi connectivity index (χ3v) is 12.4. The van der Waals surface area contributed by atoms with Gasteiger partial charge in [0.05, 0.1) is 6.61 Å². The van der Waals surface area contributed by atoms with Crippen molar-refractivity contribution in [1.82, 2.24) is 5.32 Å². The van der Waals surface area contributed by atoms with Crippen LogP contribution in [0.5, 0.6) is 0 Å². The molecule has 360 valence electrons. The fourth-order valence-corrected chi connectivity index (χ4v) is 8.78. The average Bonchev–Trinajstić information content (AvgIpc) is 3.22. The number of nitrogens with one attached hydrogen (secondary N) is 1. The van der Waals surface area contributed by atoms with Gasteiger partial charge in [-0.2, -0.15) is 0 Å². The fourth-order valence-electron chi connectivity index (χ4n) is 8.20. The van der Waals surface area contributed by atoms with Crippen LogP contribution in [0, 0.1) is 0 Å². The number of hydrogen-bond donors (Lipinski definition) is 4. The van der Waals surface area contributed by atoms with Crippen molar-refractivity contribution >= 4 is 25.7 Å². The lowest BCUT2D eigenvalue weighted by molar-refractivity contribution is -0.264. The van der Waals surface area contributed by atoms with E-state index in [1.165, 1.54) is 128 Å². The maximum Gasteiger partial charge on any atom is 0.470 e. The minimum absolute atomic E-state index is 0.0452. The number of carbonyl (C=O) groups excluding carboxylic acids is 3. The summed E-state index contributed by atoms with van der Waals surface area (Å²) in [6.45, 7) is 5.88. The van der Waals surface area contributed by atoms with E-state index in [2.05, 4.69) is 26.1 Å². The van der Waals surface area contributed by atoms with E-state index in [-0.39, 0.29) is 19.3 Å². The van der Waals surface area contributed by atoms with Crippen molar-refractivity contribution in [3.8, 4) is 0 Å². The lowest BCUT2D eigenvalue weighted by Gasteiger charge is -2.44. The highest BCUT2D eigenvalue weighted by Gasteiger charge is 2.52. The van der Waals surface area contributed by atoms with Crippen LogP contribution >= 0.6 is 7.82 Å². The van der Waals surface area contributed by atoms with Gasteiger partial charge in [0, 0.05) is 19.3 Å². The van der Waals surface area contributed by atoms with E-state index in [0.29, 0.717) is 19.3 Å². The summed E-state index contributed by atoms with van der Waals surface area (Å²) in [4.78, 5) is 59.8. The zero-order chi connectivity index (χ0) is 44.8. The molecule has 1 saturated heterocycles. The molecule has 4 N–H and O–H groups in total. The molecule has 1 rings (SSSR count). The number of amides is 1. The van der Waals surface area contributed by atoms with Crippen LogP contribution in [0.25, 0.3) is 0 Å². The molecule has 0 bridgehead atoms. The number of phosphoric acid groups is 1.